The first-order chi connectivity index (χ1) is 16.7. The molecule has 1 N–H and O–H groups in total. The molecule has 34 heavy (non-hydrogen) atoms. The van der Waals surface area contributed by atoms with E-state index in [0.717, 1.165) is 73.3 Å². The highest BCUT2D eigenvalue weighted by Crippen LogP contribution is 2.32. The normalized spacial score (nSPS) is 17.6. The van der Waals surface area contributed by atoms with E-state index in [-0.39, 0.29) is 5.91 Å². The van der Waals surface area contributed by atoms with Crippen molar-refractivity contribution in [1.82, 2.24) is 14.9 Å². The van der Waals surface area contributed by atoms with Gasteiger partial charge in [0.15, 0.2) is 0 Å². The summed E-state index contributed by atoms with van der Waals surface area (Å²) >= 11 is 1.62. The van der Waals surface area contributed by atoms with Crippen molar-refractivity contribution < 1.29 is 4.79 Å². The number of rotatable bonds is 6. The number of amides is 1. The lowest BCUT2D eigenvalue weighted by molar-refractivity contribution is 0.102. The summed E-state index contributed by atoms with van der Waals surface area (Å²) in [4.78, 5) is 27.3. The molecular formula is C27H33N5OS. The van der Waals surface area contributed by atoms with Gasteiger partial charge < -0.3 is 10.2 Å². The third kappa shape index (κ3) is 5.47. The molecular weight excluding hydrogens is 442 g/mol. The zero-order valence-corrected chi connectivity index (χ0v) is 20.7. The molecule has 0 aliphatic carbocycles. The minimum Gasteiger partial charge on any atom is -0.370 e. The lowest BCUT2D eigenvalue weighted by Gasteiger charge is -2.30. The predicted molar refractivity (Wildman–Crippen MR) is 139 cm³/mol. The third-order valence-electron chi connectivity index (χ3n) is 6.87. The number of nitrogens with zero attached hydrogens (tertiary/aromatic N) is 4. The highest BCUT2D eigenvalue weighted by atomic mass is 32.1. The number of nitrogens with one attached hydrogen (secondary N) is 1. The largest absolute Gasteiger partial charge is 0.370 e. The summed E-state index contributed by atoms with van der Waals surface area (Å²) in [5.41, 5.74) is 4.72. The average molecular weight is 476 g/mol. The van der Waals surface area contributed by atoms with Crippen LogP contribution in [0, 0.1) is 6.92 Å². The van der Waals surface area contributed by atoms with E-state index in [4.69, 9.17) is 4.98 Å². The zero-order chi connectivity index (χ0) is 23.3. The van der Waals surface area contributed by atoms with Crippen LogP contribution in [-0.2, 0) is 6.54 Å². The van der Waals surface area contributed by atoms with Gasteiger partial charge in [0, 0.05) is 36.6 Å². The molecule has 2 aliphatic rings. The quantitative estimate of drug-likeness (QED) is 0.512. The second kappa shape index (κ2) is 10.7. The lowest BCUT2D eigenvalue weighted by Crippen LogP contribution is -2.32. The Morgan fingerprint density at radius 1 is 1.00 bits per heavy atom. The number of carbonyl (C=O) groups excluding carboxylic acids is 1. The van der Waals surface area contributed by atoms with Crippen LogP contribution in [0.3, 0.4) is 0 Å². The van der Waals surface area contributed by atoms with Crippen molar-refractivity contribution in [3.8, 4) is 0 Å². The Hall–Kier alpha value is -2.77. The minimum absolute atomic E-state index is 0.116. The zero-order valence-electron chi connectivity index (χ0n) is 19.9. The van der Waals surface area contributed by atoms with Crippen molar-refractivity contribution in [3.63, 3.8) is 0 Å². The summed E-state index contributed by atoms with van der Waals surface area (Å²) in [6.45, 7) is 7.10. The molecule has 2 fully saturated rings. The Labute approximate surface area is 206 Å². The van der Waals surface area contributed by atoms with Crippen LogP contribution in [-0.4, -0.2) is 47.0 Å². The molecule has 0 radical (unpaired) electrons. The van der Waals surface area contributed by atoms with E-state index in [1.165, 1.54) is 19.3 Å². The van der Waals surface area contributed by atoms with E-state index >= 15 is 0 Å². The van der Waals surface area contributed by atoms with E-state index in [2.05, 4.69) is 38.3 Å². The summed E-state index contributed by atoms with van der Waals surface area (Å²) in [7, 11) is 0. The number of benzene rings is 1. The van der Waals surface area contributed by atoms with Gasteiger partial charge in [-0.1, -0.05) is 18.2 Å². The minimum atomic E-state index is -0.116. The van der Waals surface area contributed by atoms with Crippen LogP contribution in [0.5, 0.6) is 0 Å². The molecule has 7 heteroatoms. The van der Waals surface area contributed by atoms with Gasteiger partial charge in [-0.15, -0.1) is 11.3 Å². The lowest BCUT2D eigenvalue weighted by atomic mass is 9.97. The van der Waals surface area contributed by atoms with Crippen LogP contribution >= 0.6 is 11.3 Å². The van der Waals surface area contributed by atoms with Crippen LogP contribution in [0.4, 0.5) is 11.4 Å². The fourth-order valence-corrected chi connectivity index (χ4v) is 5.98. The van der Waals surface area contributed by atoms with Gasteiger partial charge in [0.05, 0.1) is 22.1 Å². The van der Waals surface area contributed by atoms with Gasteiger partial charge in [-0.25, -0.2) is 4.98 Å². The van der Waals surface area contributed by atoms with Gasteiger partial charge in [0.1, 0.15) is 5.69 Å². The molecule has 1 aromatic carbocycles. The summed E-state index contributed by atoms with van der Waals surface area (Å²) < 4.78 is 0. The molecule has 5 rings (SSSR count). The third-order valence-corrected chi connectivity index (χ3v) is 7.88. The van der Waals surface area contributed by atoms with Gasteiger partial charge >= 0.3 is 0 Å². The Morgan fingerprint density at radius 3 is 2.59 bits per heavy atom. The Balaban J connectivity index is 1.18. The SMILES string of the molecule is Cc1cccc(CN2CCC(c3nc(C(=O)Nc4ccccc4N4CCCCC4)cs3)CC2)n1. The molecule has 0 bridgehead atoms. The second-order valence-corrected chi connectivity index (χ2v) is 10.3. The maximum Gasteiger partial charge on any atom is 0.275 e. The van der Waals surface area contributed by atoms with Gasteiger partial charge in [0.25, 0.3) is 5.91 Å². The second-order valence-electron chi connectivity index (χ2n) is 9.41. The molecule has 3 aromatic rings. The number of para-hydroxylation sites is 2. The van der Waals surface area contributed by atoms with Crippen molar-refractivity contribution >= 4 is 28.6 Å². The van der Waals surface area contributed by atoms with E-state index < -0.39 is 0 Å². The summed E-state index contributed by atoms with van der Waals surface area (Å²) in [5, 5.41) is 6.13. The highest BCUT2D eigenvalue weighted by Gasteiger charge is 2.25. The predicted octanol–water partition coefficient (Wildman–Crippen LogP) is 5.47. The molecule has 2 aromatic heterocycles. The maximum atomic E-state index is 13.0. The van der Waals surface area contributed by atoms with Crippen LogP contribution in [0.2, 0.25) is 0 Å². The fourth-order valence-electron chi connectivity index (χ4n) is 5.01. The number of carbonyl (C=O) groups is 1. The number of piperidine rings is 2. The first kappa shape index (κ1) is 23.0. The first-order valence-electron chi connectivity index (χ1n) is 12.4. The van der Waals surface area contributed by atoms with Gasteiger partial charge in [-0.3, -0.25) is 14.7 Å². The van der Waals surface area contributed by atoms with E-state index in [9.17, 15) is 4.79 Å². The van der Waals surface area contributed by atoms with Gasteiger partial charge in [-0.05, 0) is 76.4 Å². The molecule has 0 unspecified atom stereocenters. The number of aryl methyl sites for hydroxylation is 1. The van der Waals surface area contributed by atoms with E-state index in [0.29, 0.717) is 11.6 Å². The molecule has 2 aliphatic heterocycles. The number of hydrogen-bond donors (Lipinski definition) is 1. The standard InChI is InChI=1S/C27H33N5OS/c1-20-8-7-9-22(28-20)18-31-16-12-21(13-17-31)27-30-24(19-34-27)26(33)29-23-10-3-4-11-25(23)32-14-5-2-6-15-32/h3-4,7-11,19,21H,2,5-6,12-18H2,1H3,(H,29,33). The number of anilines is 2. The Morgan fingerprint density at radius 2 is 1.79 bits per heavy atom. The van der Waals surface area contributed by atoms with Gasteiger partial charge in [-0.2, -0.15) is 0 Å². The summed E-state index contributed by atoms with van der Waals surface area (Å²) in [6.07, 6.45) is 5.83. The van der Waals surface area contributed by atoms with E-state index in [1.807, 2.05) is 36.6 Å². The topological polar surface area (TPSA) is 61.4 Å². The van der Waals surface area contributed by atoms with Crippen molar-refractivity contribution in [2.24, 2.45) is 0 Å². The van der Waals surface area contributed by atoms with Crippen LogP contribution < -0.4 is 10.2 Å². The van der Waals surface area contributed by atoms with Crippen molar-refractivity contribution in [2.45, 2.75) is 51.5 Å². The Kier molecular flexibility index (Phi) is 7.21. The fraction of sp³-hybridized carbons (Fsp3) is 0.444. The monoisotopic (exact) mass is 475 g/mol. The molecule has 0 atom stereocenters. The number of likely N-dealkylation sites (tertiary alicyclic amines) is 1. The molecule has 178 valence electrons. The molecule has 2 saturated heterocycles. The molecule has 1 amide bonds. The number of aromatic nitrogens is 2. The number of pyridine rings is 1. The number of thiazole rings is 1. The molecule has 4 heterocycles. The van der Waals surface area contributed by atoms with Crippen molar-refractivity contribution in [2.75, 3.05) is 36.4 Å². The molecule has 0 spiro atoms. The first-order valence-corrected chi connectivity index (χ1v) is 13.3. The number of hydrogen-bond acceptors (Lipinski definition) is 6. The van der Waals surface area contributed by atoms with Crippen LogP contribution in [0.1, 0.15) is 64.9 Å². The molecule has 0 saturated carbocycles. The summed E-state index contributed by atoms with van der Waals surface area (Å²) in [5.74, 6) is 0.309. The van der Waals surface area contributed by atoms with Crippen molar-refractivity contribution in [1.29, 1.82) is 0 Å². The van der Waals surface area contributed by atoms with E-state index in [1.54, 1.807) is 11.3 Å². The van der Waals surface area contributed by atoms with Crippen LogP contribution in [0.25, 0.3) is 0 Å². The van der Waals surface area contributed by atoms with Crippen LogP contribution in [0.15, 0.2) is 47.8 Å². The van der Waals surface area contributed by atoms with Crippen molar-refractivity contribution in [3.05, 3.63) is 69.9 Å². The summed E-state index contributed by atoms with van der Waals surface area (Å²) in [6, 6.07) is 14.4. The highest BCUT2D eigenvalue weighted by molar-refractivity contribution is 7.10. The Bertz CT molecular complexity index is 1120. The average Bonchev–Trinajstić information content (AvgIpc) is 3.36. The maximum absolute atomic E-state index is 13.0. The van der Waals surface area contributed by atoms with Gasteiger partial charge in [0.2, 0.25) is 0 Å². The smallest absolute Gasteiger partial charge is 0.275 e. The molecule has 6 nitrogen and oxygen atoms in total.